The molecule has 4 nitrogen and oxygen atoms in total. The van der Waals surface area contributed by atoms with Crippen LogP contribution >= 0.6 is 0 Å². The summed E-state index contributed by atoms with van der Waals surface area (Å²) in [5.74, 6) is 0. The zero-order valence-corrected chi connectivity index (χ0v) is 9.80. The Bertz CT molecular complexity index is 328. The van der Waals surface area contributed by atoms with Crippen LogP contribution in [0.4, 0.5) is 4.79 Å². The van der Waals surface area contributed by atoms with E-state index in [0.29, 0.717) is 6.04 Å². The van der Waals surface area contributed by atoms with E-state index < -0.39 is 0 Å². The van der Waals surface area contributed by atoms with E-state index in [1.165, 1.54) is 19.3 Å². The molecule has 0 spiro atoms. The van der Waals surface area contributed by atoms with Gasteiger partial charge in [-0.2, -0.15) is 0 Å². The van der Waals surface area contributed by atoms with Crippen LogP contribution in [0.15, 0.2) is 18.7 Å². The maximum absolute atomic E-state index is 12.2. The van der Waals surface area contributed by atoms with E-state index >= 15 is 0 Å². The summed E-state index contributed by atoms with van der Waals surface area (Å²) in [6.07, 6.45) is 11.0. The van der Waals surface area contributed by atoms with Crippen molar-refractivity contribution in [2.75, 3.05) is 6.54 Å². The fourth-order valence-corrected chi connectivity index (χ4v) is 2.46. The van der Waals surface area contributed by atoms with Crippen molar-refractivity contribution >= 4 is 6.03 Å². The molecule has 0 N–H and O–H groups in total. The zero-order valence-electron chi connectivity index (χ0n) is 9.80. The molecule has 2 rings (SSSR count). The molecule has 0 saturated heterocycles. The number of rotatable bonds is 2. The van der Waals surface area contributed by atoms with E-state index in [1.807, 2.05) is 11.8 Å². The van der Waals surface area contributed by atoms with E-state index in [-0.39, 0.29) is 6.03 Å². The van der Waals surface area contributed by atoms with Gasteiger partial charge in [0, 0.05) is 25.0 Å². The number of hydrogen-bond acceptors (Lipinski definition) is 2. The summed E-state index contributed by atoms with van der Waals surface area (Å²) in [5.41, 5.74) is 0. The molecule has 1 aromatic rings. The topological polar surface area (TPSA) is 38.1 Å². The molecule has 1 heterocycles. The molecule has 1 amide bonds. The van der Waals surface area contributed by atoms with Crippen LogP contribution in [0.3, 0.4) is 0 Å². The van der Waals surface area contributed by atoms with Crippen LogP contribution in [-0.2, 0) is 0 Å². The molecule has 1 aliphatic rings. The van der Waals surface area contributed by atoms with Gasteiger partial charge in [-0.25, -0.2) is 9.78 Å². The Kier molecular flexibility index (Phi) is 3.59. The van der Waals surface area contributed by atoms with Crippen molar-refractivity contribution in [2.24, 2.45) is 0 Å². The molecule has 0 atom stereocenters. The van der Waals surface area contributed by atoms with Gasteiger partial charge in [0.1, 0.15) is 6.33 Å². The lowest BCUT2D eigenvalue weighted by Gasteiger charge is -2.33. The Morgan fingerprint density at radius 3 is 2.75 bits per heavy atom. The highest BCUT2D eigenvalue weighted by Gasteiger charge is 2.24. The number of hydrogen-bond donors (Lipinski definition) is 0. The normalized spacial score (nSPS) is 17.3. The predicted molar refractivity (Wildman–Crippen MR) is 62.3 cm³/mol. The van der Waals surface area contributed by atoms with Gasteiger partial charge >= 0.3 is 6.03 Å². The first-order valence-corrected chi connectivity index (χ1v) is 6.12. The minimum Gasteiger partial charge on any atom is -0.321 e. The molecule has 1 saturated carbocycles. The van der Waals surface area contributed by atoms with Crippen LogP contribution in [0.2, 0.25) is 0 Å². The van der Waals surface area contributed by atoms with E-state index in [2.05, 4.69) is 4.98 Å². The molecule has 1 aliphatic carbocycles. The molecule has 0 radical (unpaired) electrons. The number of amides is 1. The van der Waals surface area contributed by atoms with Gasteiger partial charge in [0.25, 0.3) is 0 Å². The number of carbonyl (C=O) groups is 1. The second-order valence-electron chi connectivity index (χ2n) is 4.33. The van der Waals surface area contributed by atoms with Crippen molar-refractivity contribution in [1.29, 1.82) is 0 Å². The molecule has 88 valence electrons. The SMILES string of the molecule is CCN(C(=O)n1ccnc1)C1CCCCC1. The third-order valence-corrected chi connectivity index (χ3v) is 3.33. The first kappa shape index (κ1) is 11.2. The number of imidazole rings is 1. The van der Waals surface area contributed by atoms with Gasteiger partial charge in [0.2, 0.25) is 0 Å². The Hall–Kier alpha value is -1.32. The van der Waals surface area contributed by atoms with Crippen LogP contribution in [0.5, 0.6) is 0 Å². The lowest BCUT2D eigenvalue weighted by molar-refractivity contribution is 0.161. The maximum Gasteiger partial charge on any atom is 0.329 e. The molecule has 16 heavy (non-hydrogen) atoms. The summed E-state index contributed by atoms with van der Waals surface area (Å²) < 4.78 is 1.57. The fraction of sp³-hybridized carbons (Fsp3) is 0.667. The third-order valence-electron chi connectivity index (χ3n) is 3.33. The molecular weight excluding hydrogens is 202 g/mol. The van der Waals surface area contributed by atoms with Gasteiger partial charge in [0.05, 0.1) is 0 Å². The second kappa shape index (κ2) is 5.14. The molecule has 0 aliphatic heterocycles. The smallest absolute Gasteiger partial charge is 0.321 e. The van der Waals surface area contributed by atoms with E-state index in [9.17, 15) is 4.79 Å². The minimum absolute atomic E-state index is 0.0619. The van der Waals surface area contributed by atoms with Crippen LogP contribution in [0, 0.1) is 0 Å². The number of carbonyl (C=O) groups excluding carboxylic acids is 1. The molecular formula is C12H19N3O. The summed E-state index contributed by atoms with van der Waals surface area (Å²) in [4.78, 5) is 18.1. The van der Waals surface area contributed by atoms with Gasteiger partial charge in [-0.1, -0.05) is 19.3 Å². The summed E-state index contributed by atoms with van der Waals surface area (Å²) in [7, 11) is 0. The average molecular weight is 221 g/mol. The standard InChI is InChI=1S/C12H19N3O/c1-2-15(11-6-4-3-5-7-11)12(16)14-9-8-13-10-14/h8-11H,2-7H2,1H3. The molecule has 0 unspecified atom stereocenters. The lowest BCUT2D eigenvalue weighted by Crippen LogP contribution is -2.43. The lowest BCUT2D eigenvalue weighted by atomic mass is 9.94. The number of aromatic nitrogens is 2. The first-order chi connectivity index (χ1) is 7.83. The molecule has 1 aromatic heterocycles. The molecule has 1 fully saturated rings. The Balaban J connectivity index is 2.06. The van der Waals surface area contributed by atoms with E-state index in [0.717, 1.165) is 19.4 Å². The summed E-state index contributed by atoms with van der Waals surface area (Å²) in [5, 5.41) is 0. The highest BCUT2D eigenvalue weighted by Crippen LogP contribution is 2.22. The predicted octanol–water partition coefficient (Wildman–Crippen LogP) is 2.51. The number of nitrogens with zero attached hydrogens (tertiary/aromatic N) is 3. The van der Waals surface area contributed by atoms with Crippen molar-refractivity contribution < 1.29 is 4.79 Å². The highest BCUT2D eigenvalue weighted by molar-refractivity contribution is 5.76. The largest absolute Gasteiger partial charge is 0.329 e. The third kappa shape index (κ3) is 2.26. The monoisotopic (exact) mass is 221 g/mol. The molecule has 4 heteroatoms. The Morgan fingerprint density at radius 1 is 1.44 bits per heavy atom. The van der Waals surface area contributed by atoms with Crippen molar-refractivity contribution in [3.63, 3.8) is 0 Å². The Labute approximate surface area is 96.3 Å². The van der Waals surface area contributed by atoms with Crippen LogP contribution < -0.4 is 0 Å². The van der Waals surface area contributed by atoms with Gasteiger partial charge in [-0.3, -0.25) is 4.57 Å². The summed E-state index contributed by atoms with van der Waals surface area (Å²) in [6.45, 7) is 2.82. The minimum atomic E-state index is 0.0619. The van der Waals surface area contributed by atoms with Crippen molar-refractivity contribution in [3.05, 3.63) is 18.7 Å². The van der Waals surface area contributed by atoms with Gasteiger partial charge in [0.15, 0.2) is 0 Å². The van der Waals surface area contributed by atoms with E-state index in [4.69, 9.17) is 0 Å². The molecule has 0 bridgehead atoms. The van der Waals surface area contributed by atoms with E-state index in [1.54, 1.807) is 23.3 Å². The van der Waals surface area contributed by atoms with Crippen molar-refractivity contribution in [3.8, 4) is 0 Å². The Morgan fingerprint density at radius 2 is 2.19 bits per heavy atom. The average Bonchev–Trinajstić information content (AvgIpc) is 2.85. The van der Waals surface area contributed by atoms with Gasteiger partial charge in [-0.05, 0) is 19.8 Å². The van der Waals surface area contributed by atoms with Crippen LogP contribution in [0.25, 0.3) is 0 Å². The quantitative estimate of drug-likeness (QED) is 0.769. The van der Waals surface area contributed by atoms with Gasteiger partial charge in [-0.15, -0.1) is 0 Å². The highest BCUT2D eigenvalue weighted by atomic mass is 16.2. The fourth-order valence-electron chi connectivity index (χ4n) is 2.46. The second-order valence-corrected chi connectivity index (χ2v) is 4.33. The first-order valence-electron chi connectivity index (χ1n) is 6.12. The van der Waals surface area contributed by atoms with Crippen molar-refractivity contribution in [1.82, 2.24) is 14.5 Å². The van der Waals surface area contributed by atoms with Crippen molar-refractivity contribution in [2.45, 2.75) is 45.1 Å². The zero-order chi connectivity index (χ0) is 11.4. The molecule has 0 aromatic carbocycles. The summed E-state index contributed by atoms with van der Waals surface area (Å²) in [6, 6.07) is 0.487. The van der Waals surface area contributed by atoms with Crippen LogP contribution in [-0.4, -0.2) is 33.1 Å². The van der Waals surface area contributed by atoms with Gasteiger partial charge < -0.3 is 4.90 Å². The van der Waals surface area contributed by atoms with Crippen LogP contribution in [0.1, 0.15) is 39.0 Å². The summed E-state index contributed by atoms with van der Waals surface area (Å²) >= 11 is 0. The maximum atomic E-state index is 12.2.